The molecule has 0 radical (unpaired) electrons. The lowest BCUT2D eigenvalue weighted by molar-refractivity contribution is -0.149. The second-order valence-electron chi connectivity index (χ2n) is 7.94. The Kier molecular flexibility index (Phi) is 9.46. The van der Waals surface area contributed by atoms with Crippen LogP contribution in [0.3, 0.4) is 0 Å². The van der Waals surface area contributed by atoms with E-state index < -0.39 is 28.0 Å². The van der Waals surface area contributed by atoms with E-state index in [0.29, 0.717) is 17.0 Å². The number of esters is 2. The van der Waals surface area contributed by atoms with E-state index in [9.17, 15) is 18.0 Å². The Morgan fingerprint density at radius 2 is 1.56 bits per heavy atom. The number of ether oxygens (including phenoxy) is 3. The van der Waals surface area contributed by atoms with Gasteiger partial charge in [-0.2, -0.15) is 0 Å². The van der Waals surface area contributed by atoms with Crippen molar-refractivity contribution < 1.29 is 32.2 Å². The molecule has 34 heavy (non-hydrogen) atoms. The minimum Gasteiger partial charge on any atom is -0.496 e. The van der Waals surface area contributed by atoms with E-state index in [2.05, 4.69) is 14.8 Å². The van der Waals surface area contributed by atoms with E-state index >= 15 is 0 Å². The van der Waals surface area contributed by atoms with Crippen molar-refractivity contribution in [1.29, 1.82) is 0 Å². The van der Waals surface area contributed by atoms with E-state index in [1.165, 1.54) is 14.2 Å². The highest BCUT2D eigenvalue weighted by atomic mass is 32.2. The van der Waals surface area contributed by atoms with Crippen molar-refractivity contribution in [2.75, 3.05) is 26.1 Å². The molecule has 0 saturated carbocycles. The summed E-state index contributed by atoms with van der Waals surface area (Å²) in [5.74, 6) is -0.590. The summed E-state index contributed by atoms with van der Waals surface area (Å²) >= 11 is 0. The van der Waals surface area contributed by atoms with Gasteiger partial charge < -0.3 is 14.2 Å². The molecule has 2 aromatic rings. The maximum absolute atomic E-state index is 12.8. The molecule has 2 aromatic carbocycles. The zero-order valence-corrected chi connectivity index (χ0v) is 21.2. The highest BCUT2D eigenvalue weighted by Crippen LogP contribution is 2.32. The van der Waals surface area contributed by atoms with Crippen molar-refractivity contribution in [2.24, 2.45) is 0 Å². The van der Waals surface area contributed by atoms with Gasteiger partial charge >= 0.3 is 11.9 Å². The van der Waals surface area contributed by atoms with Gasteiger partial charge in [-0.3, -0.25) is 19.6 Å². The first-order valence-electron chi connectivity index (χ1n) is 10.6. The van der Waals surface area contributed by atoms with Crippen LogP contribution in [0.4, 0.5) is 5.69 Å². The monoisotopic (exact) mass is 492 g/mol. The lowest BCUT2D eigenvalue weighted by Gasteiger charge is -2.18. The molecular weight excluding hydrogens is 460 g/mol. The van der Waals surface area contributed by atoms with Crippen molar-refractivity contribution in [2.45, 2.75) is 45.5 Å². The van der Waals surface area contributed by atoms with Crippen LogP contribution < -0.4 is 14.8 Å². The predicted molar refractivity (Wildman–Crippen MR) is 129 cm³/mol. The molecule has 186 valence electrons. The third-order valence-corrected chi connectivity index (χ3v) is 6.77. The lowest BCUT2D eigenvalue weighted by atomic mass is 10.0. The molecule has 2 rings (SSSR count). The molecule has 0 aliphatic carbocycles. The summed E-state index contributed by atoms with van der Waals surface area (Å²) in [7, 11) is 0.415. The summed E-state index contributed by atoms with van der Waals surface area (Å²) in [6, 6.07) is 7.91. The molecule has 0 aliphatic rings. The number of sulfonamides is 1. The fourth-order valence-corrected chi connectivity index (χ4v) is 4.78. The standard InChI is InChI=1S/C24H32N2O7S/c1-15-11-21(31-4)16(2)17(3)23(15)26-34(29,30)14-19-9-7-18(8-10-19)13-25-20(24(28)33-6)12-22(27)32-5/h7-11,20,25-26H,12-14H2,1-6H3/t20-/m0/s1. The van der Waals surface area contributed by atoms with Crippen LogP contribution in [0.1, 0.15) is 34.2 Å². The number of benzene rings is 2. The Bertz CT molecular complexity index is 1130. The van der Waals surface area contributed by atoms with E-state index in [-0.39, 0.29) is 18.7 Å². The van der Waals surface area contributed by atoms with Crippen molar-refractivity contribution in [1.82, 2.24) is 5.32 Å². The normalized spacial score (nSPS) is 12.1. The highest BCUT2D eigenvalue weighted by Gasteiger charge is 2.23. The quantitative estimate of drug-likeness (QED) is 0.460. The van der Waals surface area contributed by atoms with Crippen LogP contribution in [0, 0.1) is 20.8 Å². The molecule has 2 N–H and O–H groups in total. The second-order valence-corrected chi connectivity index (χ2v) is 9.66. The number of hydrogen-bond acceptors (Lipinski definition) is 8. The summed E-state index contributed by atoms with van der Waals surface area (Å²) < 4.78 is 43.0. The topological polar surface area (TPSA) is 120 Å². The molecular formula is C24H32N2O7S. The Morgan fingerprint density at radius 3 is 2.12 bits per heavy atom. The number of hydrogen-bond donors (Lipinski definition) is 2. The van der Waals surface area contributed by atoms with Crippen molar-refractivity contribution in [3.8, 4) is 5.75 Å². The average molecular weight is 493 g/mol. The van der Waals surface area contributed by atoms with E-state index in [1.807, 2.05) is 26.8 Å². The fraction of sp³-hybridized carbons (Fsp3) is 0.417. The molecule has 0 spiro atoms. The molecule has 0 fully saturated rings. The van der Waals surface area contributed by atoms with E-state index in [4.69, 9.17) is 9.47 Å². The van der Waals surface area contributed by atoms with Gasteiger partial charge in [0.05, 0.1) is 39.2 Å². The summed E-state index contributed by atoms with van der Waals surface area (Å²) in [6.45, 7) is 5.85. The fourth-order valence-electron chi connectivity index (χ4n) is 3.45. The van der Waals surface area contributed by atoms with Crippen molar-refractivity contribution >= 4 is 27.6 Å². The SMILES string of the molecule is COC(=O)C[C@H](NCc1ccc(CS(=O)(=O)Nc2c(C)cc(OC)c(C)c2C)cc1)C(=O)OC. The molecule has 0 aromatic heterocycles. The Balaban J connectivity index is 2.07. The maximum Gasteiger partial charge on any atom is 0.323 e. The molecule has 0 heterocycles. The van der Waals surface area contributed by atoms with Crippen molar-refractivity contribution in [3.63, 3.8) is 0 Å². The number of carbonyl (C=O) groups is 2. The third-order valence-electron chi connectivity index (χ3n) is 5.54. The summed E-state index contributed by atoms with van der Waals surface area (Å²) in [5.41, 5.74) is 4.44. The zero-order valence-electron chi connectivity index (χ0n) is 20.4. The van der Waals surface area contributed by atoms with Crippen LogP contribution in [0.15, 0.2) is 30.3 Å². The van der Waals surface area contributed by atoms with E-state index in [1.54, 1.807) is 31.4 Å². The highest BCUT2D eigenvalue weighted by molar-refractivity contribution is 7.91. The number of anilines is 1. The molecule has 9 nitrogen and oxygen atoms in total. The minimum atomic E-state index is -3.66. The van der Waals surface area contributed by atoms with Crippen LogP contribution in [0.25, 0.3) is 0 Å². The van der Waals surface area contributed by atoms with Gasteiger partial charge in [-0.05, 0) is 54.7 Å². The second kappa shape index (κ2) is 11.8. The van der Waals surface area contributed by atoms with Crippen LogP contribution in [0.2, 0.25) is 0 Å². The Hall–Kier alpha value is -3.11. The number of rotatable bonds is 11. The van der Waals surface area contributed by atoms with Crippen LogP contribution in [-0.2, 0) is 41.4 Å². The van der Waals surface area contributed by atoms with Crippen LogP contribution in [-0.4, -0.2) is 47.7 Å². The van der Waals surface area contributed by atoms with Gasteiger partial charge in [-0.15, -0.1) is 0 Å². The molecule has 0 aliphatic heterocycles. The van der Waals surface area contributed by atoms with Crippen LogP contribution >= 0.6 is 0 Å². The smallest absolute Gasteiger partial charge is 0.323 e. The first kappa shape index (κ1) is 27.1. The average Bonchev–Trinajstić information content (AvgIpc) is 2.81. The van der Waals surface area contributed by atoms with Gasteiger partial charge in [0.1, 0.15) is 11.8 Å². The first-order valence-corrected chi connectivity index (χ1v) is 12.3. The van der Waals surface area contributed by atoms with Gasteiger partial charge in [0.2, 0.25) is 10.0 Å². The van der Waals surface area contributed by atoms with E-state index in [0.717, 1.165) is 22.3 Å². The van der Waals surface area contributed by atoms with Crippen LogP contribution in [0.5, 0.6) is 5.75 Å². The minimum absolute atomic E-state index is 0.158. The Morgan fingerprint density at radius 1 is 0.941 bits per heavy atom. The largest absolute Gasteiger partial charge is 0.496 e. The summed E-state index contributed by atoms with van der Waals surface area (Å²) in [5, 5.41) is 2.96. The van der Waals surface area contributed by atoms with Gasteiger partial charge in [0.15, 0.2) is 0 Å². The summed E-state index contributed by atoms with van der Waals surface area (Å²) in [4.78, 5) is 23.4. The van der Waals surface area contributed by atoms with Gasteiger partial charge in [-0.1, -0.05) is 24.3 Å². The number of aryl methyl sites for hydroxylation is 1. The third kappa shape index (κ3) is 7.19. The molecule has 0 amide bonds. The van der Waals surface area contributed by atoms with Crippen molar-refractivity contribution in [3.05, 3.63) is 58.1 Å². The molecule has 0 bridgehead atoms. The molecule has 10 heteroatoms. The number of nitrogens with one attached hydrogen (secondary N) is 2. The Labute approximate surface area is 200 Å². The summed E-state index contributed by atoms with van der Waals surface area (Å²) in [6.07, 6.45) is -0.158. The van der Waals surface area contributed by atoms with Gasteiger partial charge in [-0.25, -0.2) is 8.42 Å². The van der Waals surface area contributed by atoms with Gasteiger partial charge in [0, 0.05) is 6.54 Å². The van der Waals surface area contributed by atoms with Gasteiger partial charge in [0.25, 0.3) is 0 Å². The predicted octanol–water partition coefficient (Wildman–Crippen LogP) is 2.76. The molecule has 0 unspecified atom stereocenters. The molecule has 1 atom stereocenters. The lowest BCUT2D eigenvalue weighted by Crippen LogP contribution is -2.39. The molecule has 0 saturated heterocycles. The number of carbonyl (C=O) groups excluding carboxylic acids is 2. The zero-order chi connectivity index (χ0) is 25.5. The number of methoxy groups -OCH3 is 3. The maximum atomic E-state index is 12.8. The first-order chi connectivity index (χ1) is 16.0.